The van der Waals surface area contributed by atoms with Crippen molar-refractivity contribution < 1.29 is 23.0 Å². The first-order valence-corrected chi connectivity index (χ1v) is 11.9. The van der Waals surface area contributed by atoms with Crippen LogP contribution >= 0.6 is 11.3 Å². The van der Waals surface area contributed by atoms with Crippen molar-refractivity contribution >= 4 is 22.2 Å². The van der Waals surface area contributed by atoms with Crippen LogP contribution in [0.25, 0.3) is 21.3 Å². The number of nitrogens with zero attached hydrogens (tertiary/aromatic N) is 1. The number of aromatic amines is 1. The van der Waals surface area contributed by atoms with Gasteiger partial charge in [0.15, 0.2) is 5.75 Å². The predicted octanol–water partition coefficient (Wildman–Crippen LogP) is 3.26. The monoisotopic (exact) mass is 495 g/mol. The summed E-state index contributed by atoms with van der Waals surface area (Å²) < 4.78 is 50.9. The maximum atomic E-state index is 15.8. The van der Waals surface area contributed by atoms with E-state index in [4.69, 9.17) is 10.5 Å². The lowest BCUT2D eigenvalue weighted by Gasteiger charge is -2.26. The minimum atomic E-state index is -3.28. The minimum Gasteiger partial charge on any atom is -0.494 e. The summed E-state index contributed by atoms with van der Waals surface area (Å²) >= 11 is 1.28. The number of H-pyrrole nitrogens is 1. The molecule has 2 heterocycles. The van der Waals surface area contributed by atoms with Crippen LogP contribution in [0.5, 0.6) is 5.75 Å². The highest BCUT2D eigenvalue weighted by Crippen LogP contribution is 2.48. The van der Waals surface area contributed by atoms with Crippen molar-refractivity contribution in [3.8, 4) is 16.2 Å². The van der Waals surface area contributed by atoms with E-state index in [1.165, 1.54) is 23.0 Å². The maximum Gasteiger partial charge on any atom is 0.329 e. The zero-order valence-electron chi connectivity index (χ0n) is 18.4. The van der Waals surface area contributed by atoms with Crippen molar-refractivity contribution in [1.82, 2.24) is 9.55 Å². The molecule has 1 saturated carbocycles. The van der Waals surface area contributed by atoms with Gasteiger partial charge in [0.25, 0.3) is 12.0 Å². The van der Waals surface area contributed by atoms with Gasteiger partial charge in [0.1, 0.15) is 11.3 Å². The van der Waals surface area contributed by atoms with Crippen LogP contribution in [0.15, 0.2) is 15.7 Å². The zero-order valence-corrected chi connectivity index (χ0v) is 19.2. The number of ether oxygens (including phenoxy) is 1. The van der Waals surface area contributed by atoms with Crippen molar-refractivity contribution in [1.29, 1.82) is 0 Å². The summed E-state index contributed by atoms with van der Waals surface area (Å²) in [6.07, 6.45) is 0.00948. The largest absolute Gasteiger partial charge is 0.494 e. The Morgan fingerprint density at radius 3 is 2.68 bits per heavy atom. The number of aromatic nitrogens is 2. The second-order valence-corrected chi connectivity index (χ2v) is 10.1. The lowest BCUT2D eigenvalue weighted by atomic mass is 9.84. The van der Waals surface area contributed by atoms with Gasteiger partial charge in [-0.15, -0.1) is 11.3 Å². The van der Waals surface area contributed by atoms with Gasteiger partial charge in [0.05, 0.1) is 30.2 Å². The Hall–Kier alpha value is -2.63. The van der Waals surface area contributed by atoms with Gasteiger partial charge in [-0.3, -0.25) is 14.3 Å². The topological polar surface area (TPSA) is 110 Å². The number of alkyl halides is 2. The first-order chi connectivity index (χ1) is 16.3. The van der Waals surface area contributed by atoms with E-state index in [9.17, 15) is 23.5 Å². The minimum absolute atomic E-state index is 0.0542. The van der Waals surface area contributed by atoms with Crippen molar-refractivity contribution in [2.45, 2.75) is 50.6 Å². The third-order valence-electron chi connectivity index (χ3n) is 6.83. The number of hydrogen-bond acceptors (Lipinski definition) is 6. The Kier molecular flexibility index (Phi) is 5.81. The number of methoxy groups -OCH3 is 1. The Morgan fingerprint density at radius 2 is 2.06 bits per heavy atom. The fraction of sp³-hybridized carbons (Fsp3) is 0.478. The summed E-state index contributed by atoms with van der Waals surface area (Å²) in [6.45, 7) is -0.144. The molecule has 4 N–H and O–H groups in total. The molecule has 182 valence electrons. The molecule has 0 radical (unpaired) electrons. The van der Waals surface area contributed by atoms with Crippen LogP contribution in [-0.2, 0) is 12.8 Å². The van der Waals surface area contributed by atoms with Gasteiger partial charge in [-0.05, 0) is 49.7 Å². The number of nitrogens with one attached hydrogen (secondary N) is 1. The number of benzene rings is 1. The summed E-state index contributed by atoms with van der Waals surface area (Å²) in [5, 5.41) is 8.85. The molecule has 0 spiro atoms. The highest BCUT2D eigenvalue weighted by molar-refractivity contribution is 7.15. The molecular weight excluding hydrogens is 471 g/mol. The van der Waals surface area contributed by atoms with Crippen molar-refractivity contribution in [3.05, 3.63) is 48.7 Å². The predicted molar refractivity (Wildman–Crippen MR) is 122 cm³/mol. The van der Waals surface area contributed by atoms with Crippen LogP contribution in [0, 0.1) is 11.7 Å². The van der Waals surface area contributed by atoms with Gasteiger partial charge in [0.2, 0.25) is 0 Å². The van der Waals surface area contributed by atoms with Gasteiger partial charge in [0, 0.05) is 21.8 Å². The summed E-state index contributed by atoms with van der Waals surface area (Å²) in [7, 11) is 1.27. The molecule has 2 atom stereocenters. The number of nitrogens with two attached hydrogens (primary N) is 1. The molecule has 5 rings (SSSR count). The molecule has 0 amide bonds. The molecule has 2 aromatic heterocycles. The lowest BCUT2D eigenvalue weighted by Crippen LogP contribution is -2.36. The van der Waals surface area contributed by atoms with Crippen LogP contribution in [0.2, 0.25) is 0 Å². The molecule has 0 aliphatic heterocycles. The molecule has 0 bridgehead atoms. The Bertz CT molecular complexity index is 1390. The summed E-state index contributed by atoms with van der Waals surface area (Å²) in [5.41, 5.74) is 3.82. The van der Waals surface area contributed by atoms with E-state index in [0.717, 1.165) is 16.9 Å². The number of thiophene rings is 1. The highest BCUT2D eigenvalue weighted by Gasteiger charge is 2.35. The molecule has 1 fully saturated rings. The summed E-state index contributed by atoms with van der Waals surface area (Å²) in [5.74, 6) is -1.28. The van der Waals surface area contributed by atoms with E-state index in [1.807, 2.05) is 0 Å². The van der Waals surface area contributed by atoms with Crippen LogP contribution in [-0.4, -0.2) is 34.4 Å². The number of fused-ring (bicyclic) bond motifs is 2. The SMILES string of the molecule is COc1c(-c2cc3c(s2)CCC(C(N)CO)C3)c(F)c(C(F)F)c2c(=O)[nH]c(=O)n(C3CC3)c12. The Labute approximate surface area is 196 Å². The smallest absolute Gasteiger partial charge is 0.329 e. The maximum absolute atomic E-state index is 15.8. The van der Waals surface area contributed by atoms with Crippen molar-refractivity contribution in [2.24, 2.45) is 11.7 Å². The average molecular weight is 496 g/mol. The van der Waals surface area contributed by atoms with Gasteiger partial charge in [-0.1, -0.05) is 0 Å². The third-order valence-corrected chi connectivity index (χ3v) is 8.08. The van der Waals surface area contributed by atoms with Crippen molar-refractivity contribution in [2.75, 3.05) is 13.7 Å². The molecule has 11 heteroatoms. The van der Waals surface area contributed by atoms with E-state index in [0.29, 0.717) is 30.6 Å². The molecule has 34 heavy (non-hydrogen) atoms. The summed E-state index contributed by atoms with van der Waals surface area (Å²) in [6, 6.07) is 1.08. The summed E-state index contributed by atoms with van der Waals surface area (Å²) in [4.78, 5) is 28.7. The van der Waals surface area contributed by atoms with E-state index in [-0.39, 0.29) is 41.4 Å². The van der Waals surface area contributed by atoms with Crippen LogP contribution < -0.4 is 21.7 Å². The quantitative estimate of drug-likeness (QED) is 0.486. The Morgan fingerprint density at radius 1 is 1.32 bits per heavy atom. The molecule has 7 nitrogen and oxygen atoms in total. The fourth-order valence-corrected chi connectivity index (χ4v) is 6.22. The van der Waals surface area contributed by atoms with Crippen LogP contribution in [0.1, 0.15) is 47.7 Å². The number of aryl methyl sites for hydroxylation is 1. The zero-order chi connectivity index (χ0) is 24.3. The molecule has 3 aromatic rings. The van der Waals surface area contributed by atoms with Crippen molar-refractivity contribution in [3.63, 3.8) is 0 Å². The highest BCUT2D eigenvalue weighted by atomic mass is 32.1. The number of aliphatic hydroxyl groups excluding tert-OH is 1. The van der Waals surface area contributed by atoms with Gasteiger partial charge in [-0.25, -0.2) is 18.0 Å². The normalized spacial score (nSPS) is 19.0. The molecule has 2 unspecified atom stereocenters. The number of aliphatic hydroxyl groups is 1. The van der Waals surface area contributed by atoms with E-state index in [2.05, 4.69) is 4.98 Å². The first kappa shape index (κ1) is 23.1. The van der Waals surface area contributed by atoms with Gasteiger partial charge >= 0.3 is 5.69 Å². The molecular formula is C23H24F3N3O4S. The van der Waals surface area contributed by atoms with Gasteiger partial charge < -0.3 is 15.6 Å². The molecule has 2 aliphatic rings. The molecule has 2 aliphatic carbocycles. The van der Waals surface area contributed by atoms with Gasteiger partial charge in [-0.2, -0.15) is 0 Å². The van der Waals surface area contributed by atoms with Crippen LogP contribution in [0.4, 0.5) is 13.2 Å². The second kappa shape index (κ2) is 8.54. The Balaban J connectivity index is 1.80. The fourth-order valence-electron chi connectivity index (χ4n) is 4.98. The lowest BCUT2D eigenvalue weighted by molar-refractivity contribution is 0.148. The van der Waals surface area contributed by atoms with E-state index >= 15 is 4.39 Å². The van der Waals surface area contributed by atoms with E-state index in [1.54, 1.807) is 6.07 Å². The standard InChI is InChI=1S/C23H24F3N3O4S/c1-33-20-15(14-7-10-6-9(12(27)8-30)2-5-13(10)34-14)18(24)16(21(25)26)17-19(20)29(11-3-4-11)23(32)28-22(17)31/h7,9,11-12,21,30H,2-6,8,27H2,1H3,(H,28,31,32). The molecule has 1 aromatic carbocycles. The third kappa shape index (κ3) is 3.57. The second-order valence-electron chi connectivity index (χ2n) is 8.93. The van der Waals surface area contributed by atoms with E-state index < -0.39 is 34.4 Å². The van der Waals surface area contributed by atoms with Crippen LogP contribution in [0.3, 0.4) is 0 Å². The molecule has 0 saturated heterocycles. The first-order valence-electron chi connectivity index (χ1n) is 11.1. The number of hydrogen-bond donors (Lipinski definition) is 3. The number of rotatable bonds is 6. The average Bonchev–Trinajstić information content (AvgIpc) is 3.55. The number of halogens is 3.